The summed E-state index contributed by atoms with van der Waals surface area (Å²) in [6, 6.07) is 5.29. The SMILES string of the molecule is Cc1cc(Br)cc(NS(=O)(=O)C(C)CO)c1. The van der Waals surface area contributed by atoms with E-state index in [9.17, 15) is 8.42 Å². The van der Waals surface area contributed by atoms with E-state index in [1.165, 1.54) is 6.92 Å². The molecule has 90 valence electrons. The number of anilines is 1. The molecular formula is C10H14BrNO3S. The number of aliphatic hydroxyl groups is 1. The highest BCUT2D eigenvalue weighted by Crippen LogP contribution is 2.20. The summed E-state index contributed by atoms with van der Waals surface area (Å²) < 4.78 is 26.6. The van der Waals surface area contributed by atoms with Gasteiger partial charge in [0.25, 0.3) is 0 Å². The van der Waals surface area contributed by atoms with Crippen LogP contribution < -0.4 is 4.72 Å². The molecule has 0 spiro atoms. The van der Waals surface area contributed by atoms with Crippen LogP contribution in [0.1, 0.15) is 12.5 Å². The third-order valence-corrected chi connectivity index (χ3v) is 4.28. The fourth-order valence-corrected chi connectivity index (χ4v) is 2.61. The number of aryl methyl sites for hydroxylation is 1. The lowest BCUT2D eigenvalue weighted by Gasteiger charge is -2.13. The number of hydrogen-bond donors (Lipinski definition) is 2. The first-order valence-corrected chi connectivity index (χ1v) is 7.09. The number of aliphatic hydroxyl groups excluding tert-OH is 1. The van der Waals surface area contributed by atoms with Gasteiger partial charge in [-0.3, -0.25) is 4.72 Å². The summed E-state index contributed by atoms with van der Waals surface area (Å²) >= 11 is 3.29. The van der Waals surface area contributed by atoms with E-state index in [1.54, 1.807) is 12.1 Å². The fourth-order valence-electron chi connectivity index (χ4n) is 1.16. The quantitative estimate of drug-likeness (QED) is 0.892. The Labute approximate surface area is 104 Å². The lowest BCUT2D eigenvalue weighted by molar-refractivity contribution is 0.296. The van der Waals surface area contributed by atoms with Gasteiger partial charge in [-0.25, -0.2) is 8.42 Å². The Morgan fingerprint density at radius 2 is 2.06 bits per heavy atom. The van der Waals surface area contributed by atoms with Crippen molar-refractivity contribution in [3.05, 3.63) is 28.2 Å². The average molecular weight is 308 g/mol. The number of nitrogens with one attached hydrogen (secondary N) is 1. The smallest absolute Gasteiger partial charge is 0.237 e. The van der Waals surface area contributed by atoms with Gasteiger partial charge in [0.05, 0.1) is 6.61 Å². The minimum absolute atomic E-state index is 0.400. The van der Waals surface area contributed by atoms with E-state index in [0.29, 0.717) is 5.69 Å². The van der Waals surface area contributed by atoms with E-state index >= 15 is 0 Å². The molecule has 0 fully saturated rings. The highest BCUT2D eigenvalue weighted by molar-refractivity contribution is 9.10. The van der Waals surface area contributed by atoms with Crippen LogP contribution in [0, 0.1) is 6.92 Å². The Kier molecular flexibility index (Phi) is 4.35. The predicted octanol–water partition coefficient (Wildman–Crippen LogP) is 1.88. The van der Waals surface area contributed by atoms with Gasteiger partial charge in [0.15, 0.2) is 0 Å². The molecule has 0 saturated carbocycles. The zero-order valence-electron chi connectivity index (χ0n) is 9.07. The second kappa shape index (κ2) is 5.16. The minimum Gasteiger partial charge on any atom is -0.395 e. The molecule has 6 heteroatoms. The summed E-state index contributed by atoms with van der Waals surface area (Å²) in [5, 5.41) is 8.00. The molecule has 0 bridgehead atoms. The van der Waals surface area contributed by atoms with Crippen molar-refractivity contribution in [2.75, 3.05) is 11.3 Å². The molecule has 1 aromatic rings. The number of benzene rings is 1. The van der Waals surface area contributed by atoms with Crippen LogP contribution in [0.5, 0.6) is 0 Å². The molecule has 1 rings (SSSR count). The van der Waals surface area contributed by atoms with Gasteiger partial charge in [-0.15, -0.1) is 0 Å². The van der Waals surface area contributed by atoms with Crippen LogP contribution in [0.15, 0.2) is 22.7 Å². The number of sulfonamides is 1. The minimum atomic E-state index is -3.52. The lowest BCUT2D eigenvalue weighted by Crippen LogP contribution is -2.28. The maximum absolute atomic E-state index is 11.7. The zero-order chi connectivity index (χ0) is 12.3. The van der Waals surface area contributed by atoms with Crippen LogP contribution in [-0.4, -0.2) is 25.4 Å². The number of rotatable bonds is 4. The van der Waals surface area contributed by atoms with Gasteiger partial charge < -0.3 is 5.11 Å². The third-order valence-electron chi connectivity index (χ3n) is 2.09. The van der Waals surface area contributed by atoms with E-state index in [1.807, 2.05) is 13.0 Å². The van der Waals surface area contributed by atoms with Crippen LogP contribution in [-0.2, 0) is 10.0 Å². The highest BCUT2D eigenvalue weighted by atomic mass is 79.9. The maximum atomic E-state index is 11.7. The highest BCUT2D eigenvalue weighted by Gasteiger charge is 2.19. The molecule has 0 heterocycles. The van der Waals surface area contributed by atoms with Gasteiger partial charge in [-0.05, 0) is 37.6 Å². The van der Waals surface area contributed by atoms with Gasteiger partial charge in [-0.2, -0.15) is 0 Å². The summed E-state index contributed by atoms with van der Waals surface area (Å²) in [7, 11) is -3.52. The van der Waals surface area contributed by atoms with E-state index in [0.717, 1.165) is 10.0 Å². The Balaban J connectivity index is 2.97. The molecule has 0 aliphatic carbocycles. The molecule has 4 nitrogen and oxygen atoms in total. The number of hydrogen-bond acceptors (Lipinski definition) is 3. The normalized spacial score (nSPS) is 13.5. The second-order valence-corrected chi connectivity index (χ2v) is 6.67. The van der Waals surface area contributed by atoms with E-state index in [2.05, 4.69) is 20.7 Å². The molecule has 1 aromatic carbocycles. The summed E-state index contributed by atoms with van der Waals surface area (Å²) in [6.45, 7) is 2.92. The van der Waals surface area contributed by atoms with Crippen molar-refractivity contribution in [3.8, 4) is 0 Å². The Bertz CT molecular complexity index is 453. The van der Waals surface area contributed by atoms with Crippen LogP contribution in [0.4, 0.5) is 5.69 Å². The van der Waals surface area contributed by atoms with Crippen molar-refractivity contribution in [2.24, 2.45) is 0 Å². The maximum Gasteiger partial charge on any atom is 0.237 e. The molecule has 0 radical (unpaired) electrons. The molecule has 0 amide bonds. The van der Waals surface area contributed by atoms with Crippen molar-refractivity contribution < 1.29 is 13.5 Å². The average Bonchev–Trinajstić information content (AvgIpc) is 2.13. The first-order chi connectivity index (χ1) is 7.35. The van der Waals surface area contributed by atoms with Crippen molar-refractivity contribution in [3.63, 3.8) is 0 Å². The first kappa shape index (κ1) is 13.5. The van der Waals surface area contributed by atoms with Gasteiger partial charge in [0, 0.05) is 10.2 Å². The first-order valence-electron chi connectivity index (χ1n) is 4.75. The summed E-state index contributed by atoms with van der Waals surface area (Å²) in [5.74, 6) is 0. The molecule has 0 aromatic heterocycles. The van der Waals surface area contributed by atoms with Gasteiger partial charge in [-0.1, -0.05) is 15.9 Å². The summed E-state index contributed by atoms with van der Waals surface area (Å²) in [4.78, 5) is 0. The second-order valence-electron chi connectivity index (χ2n) is 3.66. The molecule has 0 aliphatic rings. The lowest BCUT2D eigenvalue weighted by atomic mass is 10.2. The van der Waals surface area contributed by atoms with Crippen LogP contribution in [0.2, 0.25) is 0 Å². The fraction of sp³-hybridized carbons (Fsp3) is 0.400. The predicted molar refractivity (Wildman–Crippen MR) is 68.0 cm³/mol. The summed E-state index contributed by atoms with van der Waals surface area (Å²) in [5.41, 5.74) is 1.44. The standard InChI is InChI=1S/C10H14BrNO3S/c1-7-3-9(11)5-10(4-7)12-16(14,15)8(2)6-13/h3-5,8,12-13H,6H2,1-2H3. The van der Waals surface area contributed by atoms with Crippen molar-refractivity contribution in [1.29, 1.82) is 0 Å². The van der Waals surface area contributed by atoms with Crippen LogP contribution in [0.25, 0.3) is 0 Å². The molecule has 2 N–H and O–H groups in total. The van der Waals surface area contributed by atoms with Crippen molar-refractivity contribution in [2.45, 2.75) is 19.1 Å². The molecule has 0 aliphatic heterocycles. The van der Waals surface area contributed by atoms with Crippen LogP contribution in [0.3, 0.4) is 0 Å². The van der Waals surface area contributed by atoms with Crippen molar-refractivity contribution >= 4 is 31.6 Å². The largest absolute Gasteiger partial charge is 0.395 e. The van der Waals surface area contributed by atoms with Gasteiger partial charge in [0.2, 0.25) is 10.0 Å². The molecule has 1 atom stereocenters. The zero-order valence-corrected chi connectivity index (χ0v) is 11.5. The monoisotopic (exact) mass is 307 g/mol. The summed E-state index contributed by atoms with van der Waals surface area (Å²) in [6.07, 6.45) is 0. The molecular weight excluding hydrogens is 294 g/mol. The number of halogens is 1. The Hall–Kier alpha value is -0.590. The van der Waals surface area contributed by atoms with E-state index < -0.39 is 21.9 Å². The molecule has 0 saturated heterocycles. The van der Waals surface area contributed by atoms with E-state index in [-0.39, 0.29) is 0 Å². The van der Waals surface area contributed by atoms with Gasteiger partial charge in [0.1, 0.15) is 5.25 Å². The van der Waals surface area contributed by atoms with Gasteiger partial charge >= 0.3 is 0 Å². The Morgan fingerprint density at radius 1 is 1.44 bits per heavy atom. The topological polar surface area (TPSA) is 66.4 Å². The molecule has 16 heavy (non-hydrogen) atoms. The molecule has 1 unspecified atom stereocenters. The van der Waals surface area contributed by atoms with Crippen LogP contribution >= 0.6 is 15.9 Å². The Morgan fingerprint density at radius 3 is 2.56 bits per heavy atom. The third kappa shape index (κ3) is 3.47. The van der Waals surface area contributed by atoms with E-state index in [4.69, 9.17) is 5.11 Å². The van der Waals surface area contributed by atoms with Crippen molar-refractivity contribution in [1.82, 2.24) is 0 Å².